The van der Waals surface area contributed by atoms with Gasteiger partial charge in [-0.25, -0.2) is 9.37 Å². The molecule has 1 N–H and O–H groups in total. The van der Waals surface area contributed by atoms with Crippen LogP contribution in [0.5, 0.6) is 5.75 Å². The van der Waals surface area contributed by atoms with Gasteiger partial charge in [-0.2, -0.15) is 0 Å². The molecular formula is C14H17FN2O2. The van der Waals surface area contributed by atoms with Gasteiger partial charge in [0.15, 0.2) is 17.3 Å². The van der Waals surface area contributed by atoms with Gasteiger partial charge < -0.3 is 14.5 Å². The first-order valence-corrected chi connectivity index (χ1v) is 6.18. The molecule has 0 aliphatic heterocycles. The van der Waals surface area contributed by atoms with E-state index >= 15 is 0 Å². The van der Waals surface area contributed by atoms with Crippen molar-refractivity contribution in [3.63, 3.8) is 0 Å². The second-order valence-electron chi connectivity index (χ2n) is 4.19. The predicted molar refractivity (Wildman–Crippen MR) is 70.5 cm³/mol. The fourth-order valence-electron chi connectivity index (χ4n) is 1.83. The van der Waals surface area contributed by atoms with Crippen molar-refractivity contribution < 1.29 is 13.5 Å². The SMILES string of the molecule is CCNC(C)c1ncc(-c2ccc(F)c(OC)c2)o1. The third kappa shape index (κ3) is 2.93. The summed E-state index contributed by atoms with van der Waals surface area (Å²) in [5.74, 6) is 1.00. The first-order valence-electron chi connectivity index (χ1n) is 6.18. The number of ether oxygens (including phenoxy) is 1. The lowest BCUT2D eigenvalue weighted by Crippen LogP contribution is -2.17. The minimum Gasteiger partial charge on any atom is -0.494 e. The minimum absolute atomic E-state index is 0.0427. The fourth-order valence-corrected chi connectivity index (χ4v) is 1.83. The summed E-state index contributed by atoms with van der Waals surface area (Å²) in [5.41, 5.74) is 0.737. The Bertz CT molecular complexity index is 554. The van der Waals surface area contributed by atoms with Crippen LogP contribution in [-0.4, -0.2) is 18.6 Å². The molecule has 0 aliphatic carbocycles. The smallest absolute Gasteiger partial charge is 0.211 e. The number of methoxy groups -OCH3 is 1. The maximum absolute atomic E-state index is 13.3. The van der Waals surface area contributed by atoms with Crippen LogP contribution in [0.4, 0.5) is 4.39 Å². The number of nitrogens with zero attached hydrogens (tertiary/aromatic N) is 1. The summed E-state index contributed by atoms with van der Waals surface area (Å²) in [6, 6.07) is 4.63. The summed E-state index contributed by atoms with van der Waals surface area (Å²) in [7, 11) is 1.43. The van der Waals surface area contributed by atoms with Gasteiger partial charge >= 0.3 is 0 Å². The van der Waals surface area contributed by atoms with Gasteiger partial charge in [-0.1, -0.05) is 6.92 Å². The van der Waals surface area contributed by atoms with Crippen molar-refractivity contribution >= 4 is 0 Å². The second-order valence-corrected chi connectivity index (χ2v) is 4.19. The summed E-state index contributed by atoms with van der Waals surface area (Å²) in [4.78, 5) is 4.23. The minimum atomic E-state index is -0.396. The zero-order chi connectivity index (χ0) is 13.8. The molecule has 2 rings (SSSR count). The van der Waals surface area contributed by atoms with Gasteiger partial charge in [-0.15, -0.1) is 0 Å². The molecule has 4 nitrogen and oxygen atoms in total. The molecule has 0 fully saturated rings. The molecule has 1 aromatic carbocycles. The fraction of sp³-hybridized carbons (Fsp3) is 0.357. The van der Waals surface area contributed by atoms with Gasteiger partial charge in [-0.3, -0.25) is 0 Å². The summed E-state index contributed by atoms with van der Waals surface area (Å²) in [6.07, 6.45) is 1.63. The molecule has 1 unspecified atom stereocenters. The highest BCUT2D eigenvalue weighted by Crippen LogP contribution is 2.27. The van der Waals surface area contributed by atoms with Gasteiger partial charge in [0.1, 0.15) is 0 Å². The third-order valence-electron chi connectivity index (χ3n) is 2.84. The van der Waals surface area contributed by atoms with Crippen molar-refractivity contribution in [2.24, 2.45) is 0 Å². The predicted octanol–water partition coefficient (Wildman–Crippen LogP) is 3.16. The van der Waals surface area contributed by atoms with Crippen molar-refractivity contribution in [3.05, 3.63) is 36.1 Å². The molecule has 0 saturated heterocycles. The van der Waals surface area contributed by atoms with E-state index in [0.29, 0.717) is 11.7 Å². The van der Waals surface area contributed by atoms with E-state index in [0.717, 1.165) is 12.1 Å². The van der Waals surface area contributed by atoms with Crippen LogP contribution < -0.4 is 10.1 Å². The largest absolute Gasteiger partial charge is 0.494 e. The maximum Gasteiger partial charge on any atom is 0.211 e. The normalized spacial score (nSPS) is 12.4. The third-order valence-corrected chi connectivity index (χ3v) is 2.84. The van der Waals surface area contributed by atoms with Gasteiger partial charge in [0.05, 0.1) is 19.3 Å². The number of oxazole rings is 1. The van der Waals surface area contributed by atoms with E-state index in [2.05, 4.69) is 10.3 Å². The molecular weight excluding hydrogens is 247 g/mol. The lowest BCUT2D eigenvalue weighted by Gasteiger charge is -2.07. The first-order chi connectivity index (χ1) is 9.15. The molecule has 0 bridgehead atoms. The van der Waals surface area contributed by atoms with Crippen LogP contribution in [0.3, 0.4) is 0 Å². The first kappa shape index (κ1) is 13.5. The van der Waals surface area contributed by atoms with E-state index in [1.165, 1.54) is 13.2 Å². The summed E-state index contributed by atoms with van der Waals surface area (Å²) >= 11 is 0. The van der Waals surface area contributed by atoms with Crippen LogP contribution in [0.2, 0.25) is 0 Å². The lowest BCUT2D eigenvalue weighted by atomic mass is 10.2. The zero-order valence-corrected chi connectivity index (χ0v) is 11.2. The number of aromatic nitrogens is 1. The standard InChI is InChI=1S/C14H17FN2O2/c1-4-16-9(2)14-17-8-13(19-14)10-5-6-11(15)12(7-10)18-3/h5-9,16H,4H2,1-3H3. The molecule has 1 heterocycles. The average molecular weight is 264 g/mol. The number of halogens is 1. The number of nitrogens with one attached hydrogen (secondary N) is 1. The Morgan fingerprint density at radius 3 is 2.95 bits per heavy atom. The van der Waals surface area contributed by atoms with E-state index in [-0.39, 0.29) is 11.8 Å². The Morgan fingerprint density at radius 2 is 2.26 bits per heavy atom. The molecule has 0 saturated carbocycles. The van der Waals surface area contributed by atoms with Crippen LogP contribution in [0.1, 0.15) is 25.8 Å². The number of rotatable bonds is 5. The molecule has 1 aromatic heterocycles. The molecule has 0 amide bonds. The second kappa shape index (κ2) is 5.84. The Balaban J connectivity index is 2.27. The summed E-state index contributed by atoms with van der Waals surface area (Å²) in [6.45, 7) is 4.83. The van der Waals surface area contributed by atoms with Crippen LogP contribution in [0.25, 0.3) is 11.3 Å². The van der Waals surface area contributed by atoms with Crippen molar-refractivity contribution in [3.8, 4) is 17.1 Å². The van der Waals surface area contributed by atoms with Crippen LogP contribution >= 0.6 is 0 Å². The molecule has 19 heavy (non-hydrogen) atoms. The molecule has 1 atom stereocenters. The molecule has 5 heteroatoms. The molecule has 102 valence electrons. The summed E-state index contributed by atoms with van der Waals surface area (Å²) < 4.78 is 24.0. The number of hydrogen-bond acceptors (Lipinski definition) is 4. The Labute approximate surface area is 111 Å². The van der Waals surface area contributed by atoms with Crippen molar-refractivity contribution in [2.45, 2.75) is 19.9 Å². The monoisotopic (exact) mass is 264 g/mol. The van der Waals surface area contributed by atoms with Gasteiger partial charge in [-0.05, 0) is 31.7 Å². The average Bonchev–Trinajstić information content (AvgIpc) is 2.89. The van der Waals surface area contributed by atoms with Gasteiger partial charge in [0, 0.05) is 5.56 Å². The molecule has 2 aromatic rings. The number of benzene rings is 1. The van der Waals surface area contributed by atoms with E-state index in [4.69, 9.17) is 9.15 Å². The van der Waals surface area contributed by atoms with E-state index in [1.54, 1.807) is 18.3 Å². The Kier molecular flexibility index (Phi) is 4.16. The van der Waals surface area contributed by atoms with Gasteiger partial charge in [0.25, 0.3) is 0 Å². The lowest BCUT2D eigenvalue weighted by molar-refractivity contribution is 0.386. The molecule has 0 radical (unpaired) electrons. The van der Waals surface area contributed by atoms with Crippen LogP contribution in [0.15, 0.2) is 28.8 Å². The van der Waals surface area contributed by atoms with Crippen molar-refractivity contribution in [2.75, 3.05) is 13.7 Å². The van der Waals surface area contributed by atoms with Crippen LogP contribution in [-0.2, 0) is 0 Å². The van der Waals surface area contributed by atoms with Crippen molar-refractivity contribution in [1.29, 1.82) is 0 Å². The highest BCUT2D eigenvalue weighted by molar-refractivity contribution is 5.59. The zero-order valence-electron chi connectivity index (χ0n) is 11.2. The highest BCUT2D eigenvalue weighted by atomic mass is 19.1. The maximum atomic E-state index is 13.3. The Hall–Kier alpha value is -1.88. The number of hydrogen-bond donors (Lipinski definition) is 1. The van der Waals surface area contributed by atoms with Crippen molar-refractivity contribution in [1.82, 2.24) is 10.3 Å². The van der Waals surface area contributed by atoms with E-state index in [1.807, 2.05) is 13.8 Å². The quantitative estimate of drug-likeness (QED) is 0.901. The van der Waals surface area contributed by atoms with Gasteiger partial charge in [0.2, 0.25) is 5.89 Å². The van der Waals surface area contributed by atoms with E-state index < -0.39 is 5.82 Å². The topological polar surface area (TPSA) is 47.3 Å². The molecule has 0 aliphatic rings. The Morgan fingerprint density at radius 1 is 1.47 bits per heavy atom. The highest BCUT2D eigenvalue weighted by Gasteiger charge is 2.13. The molecule has 0 spiro atoms. The van der Waals surface area contributed by atoms with Crippen LogP contribution in [0, 0.1) is 5.82 Å². The van der Waals surface area contributed by atoms with E-state index in [9.17, 15) is 4.39 Å². The summed E-state index contributed by atoms with van der Waals surface area (Å²) in [5, 5.41) is 3.22.